The van der Waals surface area contributed by atoms with Crippen molar-refractivity contribution in [3.05, 3.63) is 23.8 Å². The lowest BCUT2D eigenvalue weighted by molar-refractivity contribution is 0.0690. The summed E-state index contributed by atoms with van der Waals surface area (Å²) in [7, 11) is -3.36. The van der Waals surface area contributed by atoms with Crippen molar-refractivity contribution in [2.24, 2.45) is 0 Å². The molecule has 1 aromatic rings. The van der Waals surface area contributed by atoms with Gasteiger partial charge in [0, 0.05) is 0 Å². The van der Waals surface area contributed by atoms with Gasteiger partial charge in [0.15, 0.2) is 9.84 Å². The minimum atomic E-state index is -3.36. The van der Waals surface area contributed by atoms with Gasteiger partial charge in [0.05, 0.1) is 28.5 Å². The van der Waals surface area contributed by atoms with Gasteiger partial charge in [-0.05, 0) is 44.4 Å². The Bertz CT molecular complexity index is 539. The standard InChI is InChI=1S/C13H19NO3S/c1-9-3-6-13(12(14)7-9)18(15,16)8-11-5-4-10(2)17-11/h3,6-7,10-11H,4-5,8,14H2,1-2H3. The maximum absolute atomic E-state index is 12.3. The van der Waals surface area contributed by atoms with Crippen LogP contribution in [0.2, 0.25) is 0 Å². The van der Waals surface area contributed by atoms with Gasteiger partial charge in [-0.2, -0.15) is 0 Å². The summed E-state index contributed by atoms with van der Waals surface area (Å²) in [6, 6.07) is 5.03. The first-order valence-electron chi connectivity index (χ1n) is 6.13. The van der Waals surface area contributed by atoms with Crippen molar-refractivity contribution in [1.29, 1.82) is 0 Å². The minimum Gasteiger partial charge on any atom is -0.398 e. The van der Waals surface area contributed by atoms with E-state index in [2.05, 4.69) is 0 Å². The smallest absolute Gasteiger partial charge is 0.182 e. The monoisotopic (exact) mass is 269 g/mol. The third-order valence-corrected chi connectivity index (χ3v) is 5.08. The molecule has 1 aromatic carbocycles. The highest BCUT2D eigenvalue weighted by atomic mass is 32.2. The fraction of sp³-hybridized carbons (Fsp3) is 0.538. The van der Waals surface area contributed by atoms with Crippen molar-refractivity contribution in [2.45, 2.75) is 43.8 Å². The second-order valence-electron chi connectivity index (χ2n) is 4.97. The van der Waals surface area contributed by atoms with E-state index in [9.17, 15) is 8.42 Å². The Balaban J connectivity index is 2.20. The number of ether oxygens (including phenoxy) is 1. The average Bonchev–Trinajstić information content (AvgIpc) is 2.62. The summed E-state index contributed by atoms with van der Waals surface area (Å²) in [5.41, 5.74) is 7.07. The van der Waals surface area contributed by atoms with Crippen molar-refractivity contribution in [2.75, 3.05) is 11.5 Å². The SMILES string of the molecule is Cc1ccc(S(=O)(=O)CC2CCC(C)O2)c(N)c1. The predicted molar refractivity (Wildman–Crippen MR) is 71.2 cm³/mol. The number of aryl methyl sites for hydroxylation is 1. The Labute approximate surface area is 108 Å². The topological polar surface area (TPSA) is 69.4 Å². The van der Waals surface area contributed by atoms with Gasteiger partial charge in [-0.1, -0.05) is 6.07 Å². The molecule has 4 nitrogen and oxygen atoms in total. The van der Waals surface area contributed by atoms with E-state index in [1.165, 1.54) is 0 Å². The molecule has 2 atom stereocenters. The zero-order chi connectivity index (χ0) is 13.3. The molecule has 0 saturated carbocycles. The Morgan fingerprint density at radius 3 is 2.67 bits per heavy atom. The number of nitrogen functional groups attached to an aromatic ring is 1. The number of hydrogen-bond donors (Lipinski definition) is 1. The molecule has 18 heavy (non-hydrogen) atoms. The molecule has 1 heterocycles. The van der Waals surface area contributed by atoms with Crippen molar-refractivity contribution in [3.63, 3.8) is 0 Å². The van der Waals surface area contributed by atoms with Crippen molar-refractivity contribution >= 4 is 15.5 Å². The maximum atomic E-state index is 12.3. The number of nitrogens with two attached hydrogens (primary N) is 1. The Morgan fingerprint density at radius 2 is 2.11 bits per heavy atom. The molecular formula is C13H19NO3S. The molecular weight excluding hydrogens is 250 g/mol. The van der Waals surface area contributed by atoms with Crippen LogP contribution in [0.3, 0.4) is 0 Å². The third-order valence-electron chi connectivity index (χ3n) is 3.23. The van der Waals surface area contributed by atoms with E-state index in [1.54, 1.807) is 18.2 Å². The first kappa shape index (κ1) is 13.4. The van der Waals surface area contributed by atoms with Gasteiger partial charge in [-0.3, -0.25) is 0 Å². The van der Waals surface area contributed by atoms with Gasteiger partial charge in [-0.15, -0.1) is 0 Å². The molecule has 0 radical (unpaired) electrons. The first-order valence-corrected chi connectivity index (χ1v) is 7.78. The quantitative estimate of drug-likeness (QED) is 0.851. The maximum Gasteiger partial charge on any atom is 0.182 e. The summed E-state index contributed by atoms with van der Waals surface area (Å²) in [5, 5.41) is 0. The van der Waals surface area contributed by atoms with Crippen LogP contribution in [-0.4, -0.2) is 26.4 Å². The summed E-state index contributed by atoms with van der Waals surface area (Å²) < 4.78 is 30.1. The van der Waals surface area contributed by atoms with Gasteiger partial charge < -0.3 is 10.5 Å². The van der Waals surface area contributed by atoms with Gasteiger partial charge in [0.2, 0.25) is 0 Å². The van der Waals surface area contributed by atoms with Crippen LogP contribution in [0.5, 0.6) is 0 Å². The molecule has 100 valence electrons. The Morgan fingerprint density at radius 1 is 1.39 bits per heavy atom. The number of sulfone groups is 1. The highest BCUT2D eigenvalue weighted by molar-refractivity contribution is 7.91. The lowest BCUT2D eigenvalue weighted by Crippen LogP contribution is -2.22. The molecule has 2 N–H and O–H groups in total. The molecule has 1 saturated heterocycles. The van der Waals surface area contributed by atoms with Crippen LogP contribution in [-0.2, 0) is 14.6 Å². The van der Waals surface area contributed by atoms with E-state index in [0.717, 1.165) is 18.4 Å². The highest BCUT2D eigenvalue weighted by Gasteiger charge is 2.29. The fourth-order valence-electron chi connectivity index (χ4n) is 2.29. The molecule has 2 unspecified atom stereocenters. The minimum absolute atomic E-state index is 0.0185. The normalized spacial score (nSPS) is 24.3. The van der Waals surface area contributed by atoms with E-state index in [-0.39, 0.29) is 22.9 Å². The van der Waals surface area contributed by atoms with E-state index in [4.69, 9.17) is 10.5 Å². The van der Waals surface area contributed by atoms with Gasteiger partial charge >= 0.3 is 0 Å². The van der Waals surface area contributed by atoms with E-state index in [1.807, 2.05) is 13.8 Å². The van der Waals surface area contributed by atoms with Crippen LogP contribution in [0.4, 0.5) is 5.69 Å². The zero-order valence-electron chi connectivity index (χ0n) is 10.7. The van der Waals surface area contributed by atoms with Crippen molar-refractivity contribution < 1.29 is 13.2 Å². The number of benzene rings is 1. The van der Waals surface area contributed by atoms with Gasteiger partial charge in [0.1, 0.15) is 0 Å². The van der Waals surface area contributed by atoms with Crippen molar-refractivity contribution in [3.8, 4) is 0 Å². The molecule has 0 bridgehead atoms. The molecule has 0 aliphatic carbocycles. The number of hydrogen-bond acceptors (Lipinski definition) is 4. The Kier molecular flexibility index (Phi) is 3.64. The molecule has 0 spiro atoms. The van der Waals surface area contributed by atoms with Crippen LogP contribution in [0.15, 0.2) is 23.1 Å². The summed E-state index contributed by atoms with van der Waals surface area (Å²) in [6.45, 7) is 3.85. The lowest BCUT2D eigenvalue weighted by atomic mass is 10.2. The molecule has 1 fully saturated rings. The van der Waals surface area contributed by atoms with Gasteiger partial charge in [-0.25, -0.2) is 8.42 Å². The Hall–Kier alpha value is -1.07. The predicted octanol–water partition coefficient (Wildman–Crippen LogP) is 1.92. The highest BCUT2D eigenvalue weighted by Crippen LogP contribution is 2.26. The summed E-state index contributed by atoms with van der Waals surface area (Å²) in [6.07, 6.45) is 1.67. The third kappa shape index (κ3) is 2.84. The zero-order valence-corrected chi connectivity index (χ0v) is 11.5. The number of anilines is 1. The van der Waals surface area contributed by atoms with Crippen LogP contribution < -0.4 is 5.73 Å². The second kappa shape index (κ2) is 4.90. The molecule has 0 aromatic heterocycles. The average molecular weight is 269 g/mol. The number of rotatable bonds is 3. The molecule has 5 heteroatoms. The van der Waals surface area contributed by atoms with Crippen LogP contribution in [0, 0.1) is 6.92 Å². The molecule has 2 rings (SSSR count). The van der Waals surface area contributed by atoms with Crippen LogP contribution in [0.1, 0.15) is 25.3 Å². The summed E-state index contributed by atoms with van der Waals surface area (Å²) in [5.74, 6) is 0.0185. The summed E-state index contributed by atoms with van der Waals surface area (Å²) >= 11 is 0. The molecule has 1 aliphatic heterocycles. The van der Waals surface area contributed by atoms with Crippen LogP contribution in [0.25, 0.3) is 0 Å². The van der Waals surface area contributed by atoms with E-state index in [0.29, 0.717) is 5.69 Å². The second-order valence-corrected chi connectivity index (χ2v) is 6.97. The van der Waals surface area contributed by atoms with E-state index >= 15 is 0 Å². The fourth-order valence-corrected chi connectivity index (χ4v) is 3.90. The van der Waals surface area contributed by atoms with Crippen molar-refractivity contribution in [1.82, 2.24) is 0 Å². The lowest BCUT2D eigenvalue weighted by Gasteiger charge is -2.13. The largest absolute Gasteiger partial charge is 0.398 e. The molecule has 0 amide bonds. The summed E-state index contributed by atoms with van der Waals surface area (Å²) in [4.78, 5) is 0.219. The molecule has 1 aliphatic rings. The van der Waals surface area contributed by atoms with Crippen LogP contribution >= 0.6 is 0 Å². The van der Waals surface area contributed by atoms with E-state index < -0.39 is 9.84 Å². The van der Waals surface area contributed by atoms with Gasteiger partial charge in [0.25, 0.3) is 0 Å². The first-order chi connectivity index (χ1) is 8.38.